The second-order valence-electron chi connectivity index (χ2n) is 9.30. The SMILES string of the molecule is O=C1OC[C@H](Cc2ccccc2)N1C(=O)[C@@H]1CN(C2CCOCC2)C[C@H]1c1ccc(F)cc1F. The number of rotatable bonds is 5. The van der Waals surface area contributed by atoms with Crippen LogP contribution in [0.25, 0.3) is 0 Å². The van der Waals surface area contributed by atoms with E-state index in [1.165, 1.54) is 17.0 Å². The lowest BCUT2D eigenvalue weighted by atomic mass is 9.87. The fourth-order valence-electron chi connectivity index (χ4n) is 5.50. The van der Waals surface area contributed by atoms with Gasteiger partial charge in [0, 0.05) is 44.3 Å². The Morgan fingerprint density at radius 2 is 1.79 bits per heavy atom. The zero-order chi connectivity index (χ0) is 23.7. The van der Waals surface area contributed by atoms with E-state index in [-0.39, 0.29) is 18.6 Å². The van der Waals surface area contributed by atoms with E-state index in [4.69, 9.17) is 9.47 Å². The number of carbonyl (C=O) groups is 2. The molecule has 2 amide bonds. The van der Waals surface area contributed by atoms with E-state index in [0.717, 1.165) is 24.5 Å². The highest BCUT2D eigenvalue weighted by Crippen LogP contribution is 2.38. The molecular weight excluding hydrogens is 442 g/mol. The summed E-state index contributed by atoms with van der Waals surface area (Å²) in [5, 5.41) is 0. The molecule has 2 aromatic carbocycles. The molecule has 0 spiro atoms. The summed E-state index contributed by atoms with van der Waals surface area (Å²) < 4.78 is 39.2. The normalized spacial score (nSPS) is 26.1. The van der Waals surface area contributed by atoms with Crippen LogP contribution < -0.4 is 0 Å². The fourth-order valence-corrected chi connectivity index (χ4v) is 5.50. The van der Waals surface area contributed by atoms with Gasteiger partial charge in [-0.3, -0.25) is 9.69 Å². The summed E-state index contributed by atoms with van der Waals surface area (Å²) in [6.07, 6.45) is 1.50. The van der Waals surface area contributed by atoms with E-state index < -0.39 is 35.6 Å². The van der Waals surface area contributed by atoms with Gasteiger partial charge >= 0.3 is 6.09 Å². The van der Waals surface area contributed by atoms with E-state index in [0.29, 0.717) is 38.3 Å². The first kappa shape index (κ1) is 22.9. The maximum Gasteiger partial charge on any atom is 0.416 e. The van der Waals surface area contributed by atoms with Gasteiger partial charge in [-0.1, -0.05) is 36.4 Å². The minimum absolute atomic E-state index is 0.130. The van der Waals surface area contributed by atoms with Gasteiger partial charge in [0.25, 0.3) is 0 Å². The highest BCUT2D eigenvalue weighted by Gasteiger charge is 2.48. The van der Waals surface area contributed by atoms with Gasteiger partial charge in [-0.2, -0.15) is 0 Å². The predicted molar refractivity (Wildman–Crippen MR) is 120 cm³/mol. The van der Waals surface area contributed by atoms with Gasteiger partial charge in [-0.05, 0) is 36.5 Å². The Labute approximate surface area is 197 Å². The van der Waals surface area contributed by atoms with Gasteiger partial charge in [-0.25, -0.2) is 18.5 Å². The van der Waals surface area contributed by atoms with Crippen molar-refractivity contribution in [3.05, 3.63) is 71.3 Å². The lowest BCUT2D eigenvalue weighted by Gasteiger charge is -2.31. The van der Waals surface area contributed by atoms with E-state index >= 15 is 0 Å². The first-order valence-electron chi connectivity index (χ1n) is 11.8. The predicted octanol–water partition coefficient (Wildman–Crippen LogP) is 3.75. The molecule has 3 fully saturated rings. The maximum atomic E-state index is 14.8. The Morgan fingerprint density at radius 3 is 2.53 bits per heavy atom. The average molecular weight is 471 g/mol. The Balaban J connectivity index is 1.42. The van der Waals surface area contributed by atoms with Gasteiger partial charge in [0.05, 0.1) is 12.0 Å². The minimum atomic E-state index is -0.665. The highest BCUT2D eigenvalue weighted by atomic mass is 19.1. The van der Waals surface area contributed by atoms with Gasteiger partial charge in [0.1, 0.15) is 18.2 Å². The molecule has 0 unspecified atom stereocenters. The number of ether oxygens (including phenoxy) is 2. The van der Waals surface area contributed by atoms with E-state index in [1.807, 2.05) is 30.3 Å². The minimum Gasteiger partial charge on any atom is -0.447 e. The smallest absolute Gasteiger partial charge is 0.416 e. The van der Waals surface area contributed by atoms with Crippen LogP contribution in [0.5, 0.6) is 0 Å². The van der Waals surface area contributed by atoms with Crippen molar-refractivity contribution in [2.45, 2.75) is 37.3 Å². The molecule has 6 nitrogen and oxygen atoms in total. The third kappa shape index (κ3) is 4.57. The van der Waals surface area contributed by atoms with Crippen LogP contribution in [0.2, 0.25) is 0 Å². The maximum absolute atomic E-state index is 14.8. The van der Waals surface area contributed by atoms with Crippen LogP contribution in [0.3, 0.4) is 0 Å². The molecule has 34 heavy (non-hydrogen) atoms. The first-order chi connectivity index (χ1) is 16.5. The number of carbonyl (C=O) groups excluding carboxylic acids is 2. The van der Waals surface area contributed by atoms with Crippen LogP contribution in [-0.2, 0) is 20.7 Å². The molecule has 3 heterocycles. The monoisotopic (exact) mass is 470 g/mol. The number of amides is 2. The van der Waals surface area contributed by atoms with Crippen molar-refractivity contribution in [2.24, 2.45) is 5.92 Å². The molecule has 3 atom stereocenters. The second-order valence-corrected chi connectivity index (χ2v) is 9.30. The van der Waals surface area contributed by atoms with Crippen LogP contribution in [0.1, 0.15) is 29.9 Å². The standard InChI is InChI=1S/C26H28F2N2O4/c27-18-6-7-21(24(28)13-18)22-14-29(19-8-10-33-11-9-19)15-23(22)25(31)30-20(16-34-26(30)32)12-17-4-2-1-3-5-17/h1-7,13,19-20,22-23H,8-12,14-16H2/t20-,22-,23+/m0/s1. The first-order valence-corrected chi connectivity index (χ1v) is 11.8. The van der Waals surface area contributed by atoms with Gasteiger partial charge < -0.3 is 9.47 Å². The van der Waals surface area contributed by atoms with Crippen molar-refractivity contribution in [1.82, 2.24) is 9.80 Å². The number of halogens is 2. The summed E-state index contributed by atoms with van der Waals surface area (Å²) in [6, 6.07) is 12.9. The van der Waals surface area contributed by atoms with Crippen LogP contribution >= 0.6 is 0 Å². The van der Waals surface area contributed by atoms with Crippen molar-refractivity contribution in [3.8, 4) is 0 Å². The molecule has 0 aromatic heterocycles. The van der Waals surface area contributed by atoms with E-state index in [2.05, 4.69) is 4.90 Å². The summed E-state index contributed by atoms with van der Waals surface area (Å²) >= 11 is 0. The molecule has 5 rings (SSSR count). The molecule has 3 aliphatic heterocycles. The molecule has 3 aliphatic rings. The molecule has 0 saturated carbocycles. The van der Waals surface area contributed by atoms with Gasteiger partial charge in [-0.15, -0.1) is 0 Å². The van der Waals surface area contributed by atoms with Crippen molar-refractivity contribution in [3.63, 3.8) is 0 Å². The number of hydrogen-bond donors (Lipinski definition) is 0. The molecule has 8 heteroatoms. The topological polar surface area (TPSA) is 59.1 Å². The summed E-state index contributed by atoms with van der Waals surface area (Å²) in [5.41, 5.74) is 1.31. The molecule has 0 N–H and O–H groups in total. The number of imide groups is 1. The molecular formula is C26H28F2N2O4. The van der Waals surface area contributed by atoms with Crippen LogP contribution in [-0.4, -0.2) is 66.8 Å². The largest absolute Gasteiger partial charge is 0.447 e. The molecule has 180 valence electrons. The number of cyclic esters (lactones) is 1. The van der Waals surface area contributed by atoms with E-state index in [1.54, 1.807) is 0 Å². The summed E-state index contributed by atoms with van der Waals surface area (Å²) in [6.45, 7) is 2.30. The van der Waals surface area contributed by atoms with Crippen molar-refractivity contribution in [1.29, 1.82) is 0 Å². The third-order valence-corrected chi connectivity index (χ3v) is 7.25. The van der Waals surface area contributed by atoms with Crippen molar-refractivity contribution >= 4 is 12.0 Å². The molecule has 0 aliphatic carbocycles. The Morgan fingerprint density at radius 1 is 1.03 bits per heavy atom. The average Bonchev–Trinajstić information content (AvgIpc) is 3.44. The van der Waals surface area contributed by atoms with Gasteiger partial charge in [0.2, 0.25) is 5.91 Å². The zero-order valence-corrected chi connectivity index (χ0v) is 18.9. The third-order valence-electron chi connectivity index (χ3n) is 7.25. The van der Waals surface area contributed by atoms with Gasteiger partial charge in [0.15, 0.2) is 0 Å². The number of benzene rings is 2. The van der Waals surface area contributed by atoms with E-state index in [9.17, 15) is 18.4 Å². The molecule has 3 saturated heterocycles. The highest BCUT2D eigenvalue weighted by molar-refractivity contribution is 5.95. The van der Waals surface area contributed by atoms with Crippen molar-refractivity contribution < 1.29 is 27.8 Å². The molecule has 0 bridgehead atoms. The number of likely N-dealkylation sites (tertiary alicyclic amines) is 1. The second kappa shape index (κ2) is 9.80. The Bertz CT molecular complexity index is 1040. The quantitative estimate of drug-likeness (QED) is 0.666. The number of nitrogens with zero attached hydrogens (tertiary/aromatic N) is 2. The lowest BCUT2D eigenvalue weighted by Crippen LogP contribution is -2.45. The van der Waals surface area contributed by atoms with Crippen LogP contribution in [0, 0.1) is 17.6 Å². The lowest BCUT2D eigenvalue weighted by molar-refractivity contribution is -0.133. The number of hydrogen-bond acceptors (Lipinski definition) is 5. The Kier molecular flexibility index (Phi) is 6.61. The Hall–Kier alpha value is -2.84. The summed E-state index contributed by atoms with van der Waals surface area (Å²) in [4.78, 5) is 29.9. The zero-order valence-electron chi connectivity index (χ0n) is 18.9. The van der Waals surface area contributed by atoms with Crippen LogP contribution in [0.4, 0.5) is 13.6 Å². The van der Waals surface area contributed by atoms with Crippen LogP contribution in [0.15, 0.2) is 48.5 Å². The molecule has 2 aromatic rings. The summed E-state index contributed by atoms with van der Waals surface area (Å²) in [7, 11) is 0. The van der Waals surface area contributed by atoms with Crippen molar-refractivity contribution in [2.75, 3.05) is 32.9 Å². The summed E-state index contributed by atoms with van der Waals surface area (Å²) in [5.74, 6) is -2.80. The molecule has 0 radical (unpaired) electrons. The fraction of sp³-hybridized carbons (Fsp3) is 0.462.